The zero-order chi connectivity index (χ0) is 16.4. The first kappa shape index (κ1) is 15.3. The maximum absolute atomic E-state index is 13.8. The number of nitrogens with zero attached hydrogens (tertiary/aromatic N) is 1. The molecule has 1 fully saturated rings. The highest BCUT2D eigenvalue weighted by Crippen LogP contribution is 2.27. The monoisotopic (exact) mass is 317 g/mol. The molecule has 2 heterocycles. The van der Waals surface area contributed by atoms with Gasteiger partial charge >= 0.3 is 5.97 Å². The molecule has 6 heteroatoms. The van der Waals surface area contributed by atoms with Gasteiger partial charge in [-0.05, 0) is 43.5 Å². The molecular weight excluding hydrogens is 301 g/mol. The fourth-order valence-electron chi connectivity index (χ4n) is 2.83. The molecule has 23 heavy (non-hydrogen) atoms. The van der Waals surface area contributed by atoms with Gasteiger partial charge in [-0.2, -0.15) is 0 Å². The summed E-state index contributed by atoms with van der Waals surface area (Å²) >= 11 is 0. The second kappa shape index (κ2) is 6.24. The number of halogens is 1. The molecule has 3 rings (SSSR count). The molecule has 0 saturated carbocycles. The number of hydrogen-bond acceptors (Lipinski definition) is 3. The van der Waals surface area contributed by atoms with Crippen molar-refractivity contribution in [2.75, 3.05) is 6.54 Å². The summed E-state index contributed by atoms with van der Waals surface area (Å²) in [5.74, 6) is -1.66. The van der Waals surface area contributed by atoms with E-state index >= 15 is 0 Å². The Hall–Kier alpha value is -2.63. The second-order valence-corrected chi connectivity index (χ2v) is 5.49. The van der Waals surface area contributed by atoms with Crippen LogP contribution in [0.1, 0.15) is 29.8 Å². The first-order chi connectivity index (χ1) is 11.1. The Morgan fingerprint density at radius 1 is 1.17 bits per heavy atom. The summed E-state index contributed by atoms with van der Waals surface area (Å²) in [5, 5.41) is 9.25. The van der Waals surface area contributed by atoms with Crippen molar-refractivity contribution in [1.29, 1.82) is 0 Å². The number of piperidine rings is 1. The lowest BCUT2D eigenvalue weighted by Gasteiger charge is -2.32. The number of furan rings is 1. The summed E-state index contributed by atoms with van der Waals surface area (Å²) in [7, 11) is 0. The first-order valence-corrected chi connectivity index (χ1v) is 7.46. The fourth-order valence-corrected chi connectivity index (χ4v) is 2.83. The highest BCUT2D eigenvalue weighted by Gasteiger charge is 2.33. The summed E-state index contributed by atoms with van der Waals surface area (Å²) in [6.45, 7) is 0.380. The predicted octanol–water partition coefficient (Wildman–Crippen LogP) is 3.17. The smallest absolute Gasteiger partial charge is 0.326 e. The third kappa shape index (κ3) is 2.97. The third-order valence-electron chi connectivity index (χ3n) is 4.00. The van der Waals surface area contributed by atoms with Crippen molar-refractivity contribution >= 4 is 11.9 Å². The Kier molecular flexibility index (Phi) is 4.14. The average Bonchev–Trinajstić information content (AvgIpc) is 3.04. The van der Waals surface area contributed by atoms with Gasteiger partial charge in [0.2, 0.25) is 0 Å². The van der Waals surface area contributed by atoms with Crippen LogP contribution in [0.15, 0.2) is 40.8 Å². The maximum Gasteiger partial charge on any atom is 0.326 e. The van der Waals surface area contributed by atoms with Crippen LogP contribution < -0.4 is 0 Å². The molecular formula is C17H16FNO4. The van der Waals surface area contributed by atoms with E-state index in [0.29, 0.717) is 13.0 Å². The molecule has 2 aromatic rings. The summed E-state index contributed by atoms with van der Waals surface area (Å²) < 4.78 is 19.2. The minimum atomic E-state index is -1.01. The number of likely N-dealkylation sites (tertiary alicyclic amines) is 1. The van der Waals surface area contributed by atoms with E-state index in [9.17, 15) is 19.1 Å². The van der Waals surface area contributed by atoms with Crippen LogP contribution in [0.3, 0.4) is 0 Å². The lowest BCUT2D eigenvalue weighted by atomic mass is 10.0. The Morgan fingerprint density at radius 3 is 2.70 bits per heavy atom. The number of carboxylic acids is 1. The van der Waals surface area contributed by atoms with E-state index in [1.54, 1.807) is 18.2 Å². The highest BCUT2D eigenvalue weighted by molar-refractivity contribution is 5.95. The number of hydrogen-bond donors (Lipinski definition) is 1. The SMILES string of the molecule is O=C(O)[C@H]1CCCCN1C(=O)c1ccc(-c2ccccc2F)o1. The zero-order valence-corrected chi connectivity index (χ0v) is 12.4. The molecule has 1 saturated heterocycles. The van der Waals surface area contributed by atoms with Crippen LogP contribution in [0.25, 0.3) is 11.3 Å². The number of benzene rings is 1. The molecule has 0 aliphatic carbocycles. The molecule has 1 amide bonds. The van der Waals surface area contributed by atoms with Gasteiger partial charge in [0, 0.05) is 6.54 Å². The Bertz CT molecular complexity index is 740. The van der Waals surface area contributed by atoms with E-state index in [0.717, 1.165) is 12.8 Å². The lowest BCUT2D eigenvalue weighted by Crippen LogP contribution is -2.47. The first-order valence-electron chi connectivity index (χ1n) is 7.46. The molecule has 5 nitrogen and oxygen atoms in total. The number of rotatable bonds is 3. The van der Waals surface area contributed by atoms with Crippen molar-refractivity contribution in [3.05, 3.63) is 48.0 Å². The Morgan fingerprint density at radius 2 is 1.96 bits per heavy atom. The summed E-state index contributed by atoms with van der Waals surface area (Å²) in [5.41, 5.74) is 0.264. The molecule has 0 spiro atoms. The van der Waals surface area contributed by atoms with Crippen LogP contribution in [-0.2, 0) is 4.79 Å². The van der Waals surface area contributed by atoms with E-state index in [1.165, 1.54) is 23.1 Å². The van der Waals surface area contributed by atoms with Gasteiger partial charge in [-0.15, -0.1) is 0 Å². The molecule has 0 bridgehead atoms. The number of amides is 1. The molecule has 1 aliphatic heterocycles. The second-order valence-electron chi connectivity index (χ2n) is 5.49. The van der Waals surface area contributed by atoms with Crippen molar-refractivity contribution in [2.45, 2.75) is 25.3 Å². The molecule has 1 atom stereocenters. The lowest BCUT2D eigenvalue weighted by molar-refractivity contribution is -0.143. The van der Waals surface area contributed by atoms with Gasteiger partial charge in [-0.25, -0.2) is 9.18 Å². The van der Waals surface area contributed by atoms with Crippen LogP contribution in [0, 0.1) is 5.82 Å². The number of aliphatic carboxylic acids is 1. The van der Waals surface area contributed by atoms with Gasteiger partial charge in [-0.3, -0.25) is 4.79 Å². The zero-order valence-electron chi connectivity index (χ0n) is 12.4. The van der Waals surface area contributed by atoms with E-state index in [1.807, 2.05) is 0 Å². The van der Waals surface area contributed by atoms with Gasteiger partial charge in [0.15, 0.2) is 5.76 Å². The van der Waals surface area contributed by atoms with Crippen molar-refractivity contribution in [2.24, 2.45) is 0 Å². The van der Waals surface area contributed by atoms with E-state index < -0.39 is 23.7 Å². The normalized spacial score (nSPS) is 18.0. The van der Waals surface area contributed by atoms with Gasteiger partial charge in [-0.1, -0.05) is 12.1 Å². The number of carbonyl (C=O) groups excluding carboxylic acids is 1. The van der Waals surface area contributed by atoms with Gasteiger partial charge in [0.1, 0.15) is 17.6 Å². The molecule has 1 aromatic heterocycles. The number of carbonyl (C=O) groups is 2. The van der Waals surface area contributed by atoms with E-state index in [4.69, 9.17) is 4.42 Å². The van der Waals surface area contributed by atoms with Crippen molar-refractivity contribution in [1.82, 2.24) is 4.90 Å². The minimum absolute atomic E-state index is 0.0244. The van der Waals surface area contributed by atoms with Crippen LogP contribution in [-0.4, -0.2) is 34.5 Å². The minimum Gasteiger partial charge on any atom is -0.480 e. The van der Waals surface area contributed by atoms with Crippen molar-refractivity contribution < 1.29 is 23.5 Å². The molecule has 0 radical (unpaired) electrons. The maximum atomic E-state index is 13.8. The quantitative estimate of drug-likeness (QED) is 0.944. The van der Waals surface area contributed by atoms with E-state index in [2.05, 4.69) is 0 Å². The largest absolute Gasteiger partial charge is 0.480 e. The van der Waals surface area contributed by atoms with E-state index in [-0.39, 0.29) is 17.1 Å². The van der Waals surface area contributed by atoms with Crippen LogP contribution in [0.5, 0.6) is 0 Å². The van der Waals surface area contributed by atoms with Gasteiger partial charge in [0.25, 0.3) is 5.91 Å². The number of carboxylic acid groups (broad SMARTS) is 1. The molecule has 120 valence electrons. The highest BCUT2D eigenvalue weighted by atomic mass is 19.1. The Balaban J connectivity index is 1.86. The molecule has 1 aromatic carbocycles. The summed E-state index contributed by atoms with van der Waals surface area (Å²) in [6, 6.07) is 8.25. The fraction of sp³-hybridized carbons (Fsp3) is 0.294. The van der Waals surface area contributed by atoms with Gasteiger partial charge in [0.05, 0.1) is 5.56 Å². The predicted molar refractivity (Wildman–Crippen MR) is 80.4 cm³/mol. The van der Waals surface area contributed by atoms with Crippen molar-refractivity contribution in [3.8, 4) is 11.3 Å². The third-order valence-corrected chi connectivity index (χ3v) is 4.00. The van der Waals surface area contributed by atoms with Crippen molar-refractivity contribution in [3.63, 3.8) is 0 Å². The van der Waals surface area contributed by atoms with Crippen LogP contribution in [0.4, 0.5) is 4.39 Å². The standard InChI is InChI=1S/C17H16FNO4/c18-12-6-2-1-5-11(12)14-8-9-15(23-14)16(20)19-10-4-3-7-13(19)17(21)22/h1-2,5-6,8-9,13H,3-4,7,10H2,(H,21,22)/t13-/m1/s1. The molecule has 1 N–H and O–H groups in total. The van der Waals surface area contributed by atoms with Gasteiger partial charge < -0.3 is 14.4 Å². The van der Waals surface area contributed by atoms with Crippen LogP contribution >= 0.6 is 0 Å². The molecule has 1 aliphatic rings. The average molecular weight is 317 g/mol. The Labute approximate surface area is 132 Å². The summed E-state index contributed by atoms with van der Waals surface area (Å²) in [4.78, 5) is 25.1. The van der Waals surface area contributed by atoms with Crippen LogP contribution in [0.2, 0.25) is 0 Å². The topological polar surface area (TPSA) is 70.8 Å². The molecule has 0 unspecified atom stereocenters. The summed E-state index contributed by atoms with van der Waals surface area (Å²) in [6.07, 6.45) is 1.97.